The highest BCUT2D eigenvalue weighted by molar-refractivity contribution is 6.05. The zero-order chi connectivity index (χ0) is 14.9. The van der Waals surface area contributed by atoms with Crippen molar-refractivity contribution in [1.82, 2.24) is 15.2 Å². The normalized spacial score (nSPS) is 18.8. The minimum absolute atomic E-state index is 0.0169. The average Bonchev–Trinajstić information content (AvgIpc) is 2.97. The summed E-state index contributed by atoms with van der Waals surface area (Å²) in [5.74, 6) is 0.0169. The van der Waals surface area contributed by atoms with Crippen LogP contribution in [-0.2, 0) is 0 Å². The standard InChI is InChI=1S/C17H23N3O/c1-17(7-10-20(2)11-8-17)12-19-16(21)14-5-3-4-13-6-9-18-15(13)14/h3-6,9,18H,7-8,10-12H2,1-2H3,(H,19,21). The van der Waals surface area contributed by atoms with Crippen LogP contribution in [0.2, 0.25) is 0 Å². The molecule has 4 heteroatoms. The third-order valence-electron chi connectivity index (χ3n) is 4.70. The van der Waals surface area contributed by atoms with Crippen molar-refractivity contribution >= 4 is 16.8 Å². The maximum absolute atomic E-state index is 12.5. The first-order chi connectivity index (χ1) is 10.1. The van der Waals surface area contributed by atoms with E-state index < -0.39 is 0 Å². The van der Waals surface area contributed by atoms with Crippen LogP contribution in [0.4, 0.5) is 0 Å². The summed E-state index contributed by atoms with van der Waals surface area (Å²) < 4.78 is 0. The average molecular weight is 285 g/mol. The number of hydrogen-bond donors (Lipinski definition) is 2. The first-order valence-electron chi connectivity index (χ1n) is 7.60. The summed E-state index contributed by atoms with van der Waals surface area (Å²) in [5, 5.41) is 4.21. The molecule has 21 heavy (non-hydrogen) atoms. The Morgan fingerprint density at radius 1 is 1.33 bits per heavy atom. The molecule has 1 aromatic heterocycles. The van der Waals surface area contributed by atoms with E-state index in [0.29, 0.717) is 0 Å². The Kier molecular flexibility index (Phi) is 3.72. The molecule has 2 N–H and O–H groups in total. The van der Waals surface area contributed by atoms with Crippen molar-refractivity contribution in [2.24, 2.45) is 5.41 Å². The molecular weight excluding hydrogens is 262 g/mol. The van der Waals surface area contributed by atoms with E-state index in [-0.39, 0.29) is 11.3 Å². The highest BCUT2D eigenvalue weighted by Crippen LogP contribution is 2.29. The summed E-state index contributed by atoms with van der Waals surface area (Å²) in [6, 6.07) is 7.82. The molecule has 0 atom stereocenters. The third kappa shape index (κ3) is 2.95. The smallest absolute Gasteiger partial charge is 0.253 e. The van der Waals surface area contributed by atoms with Crippen molar-refractivity contribution in [2.45, 2.75) is 19.8 Å². The molecule has 3 rings (SSSR count). The number of piperidine rings is 1. The Morgan fingerprint density at radius 2 is 2.10 bits per heavy atom. The maximum Gasteiger partial charge on any atom is 0.253 e. The minimum atomic E-state index is 0.0169. The number of carbonyl (C=O) groups is 1. The van der Waals surface area contributed by atoms with E-state index >= 15 is 0 Å². The van der Waals surface area contributed by atoms with Gasteiger partial charge in [0, 0.05) is 18.1 Å². The third-order valence-corrected chi connectivity index (χ3v) is 4.70. The number of para-hydroxylation sites is 1. The lowest BCUT2D eigenvalue weighted by atomic mass is 9.80. The molecule has 1 amide bonds. The first kappa shape index (κ1) is 14.1. The number of likely N-dealkylation sites (tertiary alicyclic amines) is 1. The Bertz CT molecular complexity index is 638. The van der Waals surface area contributed by atoms with Crippen molar-refractivity contribution in [3.63, 3.8) is 0 Å². The van der Waals surface area contributed by atoms with E-state index in [2.05, 4.69) is 29.2 Å². The second-order valence-electron chi connectivity index (χ2n) is 6.54. The monoisotopic (exact) mass is 285 g/mol. The predicted molar refractivity (Wildman–Crippen MR) is 85.5 cm³/mol. The van der Waals surface area contributed by atoms with Gasteiger partial charge in [0.2, 0.25) is 0 Å². The fourth-order valence-electron chi connectivity index (χ4n) is 3.00. The Hall–Kier alpha value is -1.81. The summed E-state index contributed by atoms with van der Waals surface area (Å²) in [6.45, 7) is 5.24. The number of aromatic amines is 1. The number of amides is 1. The number of rotatable bonds is 3. The van der Waals surface area contributed by atoms with Gasteiger partial charge in [-0.15, -0.1) is 0 Å². The molecule has 1 aliphatic heterocycles. The van der Waals surface area contributed by atoms with Gasteiger partial charge in [-0.3, -0.25) is 4.79 Å². The number of H-pyrrole nitrogens is 1. The fourth-order valence-corrected chi connectivity index (χ4v) is 3.00. The number of aromatic nitrogens is 1. The van der Waals surface area contributed by atoms with E-state index in [0.717, 1.165) is 48.9 Å². The van der Waals surface area contributed by atoms with Gasteiger partial charge < -0.3 is 15.2 Å². The molecule has 1 aliphatic rings. The highest BCUT2D eigenvalue weighted by atomic mass is 16.1. The van der Waals surface area contributed by atoms with Crippen LogP contribution in [0, 0.1) is 5.41 Å². The molecule has 1 fully saturated rings. The van der Waals surface area contributed by atoms with E-state index in [9.17, 15) is 4.79 Å². The van der Waals surface area contributed by atoms with Crippen molar-refractivity contribution in [3.8, 4) is 0 Å². The van der Waals surface area contributed by atoms with E-state index in [1.165, 1.54) is 0 Å². The lowest BCUT2D eigenvalue weighted by Gasteiger charge is -2.37. The second-order valence-corrected chi connectivity index (χ2v) is 6.54. The zero-order valence-electron chi connectivity index (χ0n) is 12.8. The van der Waals surface area contributed by atoms with Crippen LogP contribution >= 0.6 is 0 Å². The SMILES string of the molecule is CN1CCC(C)(CNC(=O)c2cccc3cc[nH]c23)CC1. The van der Waals surface area contributed by atoms with Gasteiger partial charge in [0.25, 0.3) is 5.91 Å². The van der Waals surface area contributed by atoms with Gasteiger partial charge >= 0.3 is 0 Å². The van der Waals surface area contributed by atoms with Crippen molar-refractivity contribution in [3.05, 3.63) is 36.0 Å². The molecule has 0 unspecified atom stereocenters. The Labute approximate surface area is 125 Å². The van der Waals surface area contributed by atoms with E-state index in [4.69, 9.17) is 0 Å². The maximum atomic E-state index is 12.5. The molecule has 1 saturated heterocycles. The highest BCUT2D eigenvalue weighted by Gasteiger charge is 2.29. The quantitative estimate of drug-likeness (QED) is 0.910. The van der Waals surface area contributed by atoms with Crippen LogP contribution in [0.25, 0.3) is 10.9 Å². The van der Waals surface area contributed by atoms with Crippen molar-refractivity contribution in [2.75, 3.05) is 26.7 Å². The van der Waals surface area contributed by atoms with Crippen LogP contribution in [0.3, 0.4) is 0 Å². The number of benzene rings is 1. The van der Waals surface area contributed by atoms with Crippen LogP contribution < -0.4 is 5.32 Å². The summed E-state index contributed by atoms with van der Waals surface area (Å²) in [7, 11) is 2.16. The van der Waals surface area contributed by atoms with Gasteiger partial charge in [0.1, 0.15) is 0 Å². The summed E-state index contributed by atoms with van der Waals surface area (Å²) in [6.07, 6.45) is 4.15. The van der Waals surface area contributed by atoms with Crippen molar-refractivity contribution < 1.29 is 4.79 Å². The molecule has 1 aromatic carbocycles. The van der Waals surface area contributed by atoms with Gasteiger partial charge in [0.15, 0.2) is 0 Å². The lowest BCUT2D eigenvalue weighted by molar-refractivity contribution is 0.0893. The summed E-state index contributed by atoms with van der Waals surface area (Å²) in [5.41, 5.74) is 1.86. The largest absolute Gasteiger partial charge is 0.361 e. The number of hydrogen-bond acceptors (Lipinski definition) is 2. The van der Waals surface area contributed by atoms with Gasteiger partial charge in [-0.05, 0) is 50.5 Å². The molecule has 112 valence electrons. The minimum Gasteiger partial charge on any atom is -0.361 e. The van der Waals surface area contributed by atoms with E-state index in [1.54, 1.807) is 0 Å². The first-order valence-corrected chi connectivity index (χ1v) is 7.60. The summed E-state index contributed by atoms with van der Waals surface area (Å²) in [4.78, 5) is 18.0. The van der Waals surface area contributed by atoms with Crippen LogP contribution in [0.5, 0.6) is 0 Å². The van der Waals surface area contributed by atoms with Gasteiger partial charge in [-0.25, -0.2) is 0 Å². The molecular formula is C17H23N3O. The molecule has 0 aliphatic carbocycles. The molecule has 0 saturated carbocycles. The molecule has 0 bridgehead atoms. The fraction of sp³-hybridized carbons (Fsp3) is 0.471. The van der Waals surface area contributed by atoms with Crippen molar-refractivity contribution in [1.29, 1.82) is 0 Å². The topological polar surface area (TPSA) is 48.1 Å². The number of nitrogens with zero attached hydrogens (tertiary/aromatic N) is 1. The van der Waals surface area contributed by atoms with Crippen LogP contribution in [-0.4, -0.2) is 42.5 Å². The molecule has 0 spiro atoms. The molecule has 2 heterocycles. The van der Waals surface area contributed by atoms with Crippen LogP contribution in [0.1, 0.15) is 30.1 Å². The summed E-state index contributed by atoms with van der Waals surface area (Å²) >= 11 is 0. The Balaban J connectivity index is 1.68. The van der Waals surface area contributed by atoms with E-state index in [1.807, 2.05) is 30.5 Å². The Morgan fingerprint density at radius 3 is 2.86 bits per heavy atom. The molecule has 0 radical (unpaired) electrons. The van der Waals surface area contributed by atoms with Gasteiger partial charge in [0.05, 0.1) is 11.1 Å². The number of fused-ring (bicyclic) bond motifs is 1. The molecule has 4 nitrogen and oxygen atoms in total. The molecule has 2 aromatic rings. The van der Waals surface area contributed by atoms with Crippen LogP contribution in [0.15, 0.2) is 30.5 Å². The predicted octanol–water partition coefficient (Wildman–Crippen LogP) is 2.63. The number of carbonyl (C=O) groups excluding carboxylic acids is 1. The van der Waals surface area contributed by atoms with Gasteiger partial charge in [-0.1, -0.05) is 19.1 Å². The van der Waals surface area contributed by atoms with Gasteiger partial charge in [-0.2, -0.15) is 0 Å². The lowest BCUT2D eigenvalue weighted by Crippen LogP contribution is -2.43. The second kappa shape index (κ2) is 5.53. The number of nitrogens with one attached hydrogen (secondary N) is 2. The zero-order valence-corrected chi connectivity index (χ0v) is 12.8.